The van der Waals surface area contributed by atoms with Crippen LogP contribution in [0.25, 0.3) is 0 Å². The number of aryl methyl sites for hydroxylation is 1. The molecule has 0 bridgehead atoms. The number of rotatable bonds is 4. The minimum Gasteiger partial charge on any atom is -0.489 e. The fourth-order valence-electron chi connectivity index (χ4n) is 1.07. The van der Waals surface area contributed by atoms with Gasteiger partial charge in [0.25, 0.3) is 0 Å². The highest BCUT2D eigenvalue weighted by molar-refractivity contribution is 5.84. The van der Waals surface area contributed by atoms with Crippen molar-refractivity contribution in [3.63, 3.8) is 0 Å². The average molecular weight is 224 g/mol. The molecule has 0 aromatic heterocycles. The van der Waals surface area contributed by atoms with Crippen molar-refractivity contribution in [1.82, 2.24) is 0 Å². The first-order valence-corrected chi connectivity index (χ1v) is 4.78. The standard InChI is InChI=1S/C12H13FO3/c1-8-3-5-10(6-4-8)16-7-9(2)11(13)12(14)15/h3-6H,7H2,1-2H3,(H,14,15)/b11-9+. The minimum absolute atomic E-state index is 0.0630. The second kappa shape index (κ2) is 5.30. The van der Waals surface area contributed by atoms with Crippen molar-refractivity contribution in [1.29, 1.82) is 0 Å². The van der Waals surface area contributed by atoms with Gasteiger partial charge in [0.1, 0.15) is 12.4 Å². The van der Waals surface area contributed by atoms with Crippen LogP contribution in [0.5, 0.6) is 5.75 Å². The third-order valence-electron chi connectivity index (χ3n) is 2.04. The summed E-state index contributed by atoms with van der Waals surface area (Å²) in [7, 11) is 0. The Labute approximate surface area is 93.2 Å². The van der Waals surface area contributed by atoms with Crippen LogP contribution < -0.4 is 4.74 Å². The molecule has 0 saturated heterocycles. The summed E-state index contributed by atoms with van der Waals surface area (Å²) in [6.07, 6.45) is 0. The van der Waals surface area contributed by atoms with Gasteiger partial charge < -0.3 is 9.84 Å². The summed E-state index contributed by atoms with van der Waals surface area (Å²) in [4.78, 5) is 10.3. The lowest BCUT2D eigenvalue weighted by Crippen LogP contribution is -2.05. The van der Waals surface area contributed by atoms with Gasteiger partial charge in [0.15, 0.2) is 0 Å². The molecular formula is C12H13FO3. The van der Waals surface area contributed by atoms with Gasteiger partial charge in [-0.3, -0.25) is 0 Å². The third-order valence-corrected chi connectivity index (χ3v) is 2.04. The molecule has 0 aliphatic rings. The molecule has 0 amide bonds. The van der Waals surface area contributed by atoms with E-state index in [4.69, 9.17) is 9.84 Å². The zero-order valence-electron chi connectivity index (χ0n) is 9.16. The molecule has 1 rings (SSSR count). The van der Waals surface area contributed by atoms with E-state index < -0.39 is 11.8 Å². The molecule has 1 aromatic rings. The normalized spacial score (nSPS) is 11.9. The van der Waals surface area contributed by atoms with E-state index in [1.165, 1.54) is 6.92 Å². The number of hydrogen-bond acceptors (Lipinski definition) is 2. The van der Waals surface area contributed by atoms with Gasteiger partial charge >= 0.3 is 5.97 Å². The zero-order valence-corrected chi connectivity index (χ0v) is 9.16. The Bertz CT molecular complexity index is 407. The highest BCUT2D eigenvalue weighted by Gasteiger charge is 2.10. The maximum absolute atomic E-state index is 12.9. The quantitative estimate of drug-likeness (QED) is 0.800. The predicted molar refractivity (Wildman–Crippen MR) is 58.1 cm³/mol. The van der Waals surface area contributed by atoms with Crippen LogP contribution in [0.15, 0.2) is 35.7 Å². The van der Waals surface area contributed by atoms with Crippen molar-refractivity contribution >= 4 is 5.97 Å². The lowest BCUT2D eigenvalue weighted by atomic mass is 10.2. The number of halogens is 1. The van der Waals surface area contributed by atoms with Crippen LogP contribution >= 0.6 is 0 Å². The Hall–Kier alpha value is -1.84. The van der Waals surface area contributed by atoms with E-state index in [1.54, 1.807) is 12.1 Å². The molecule has 0 heterocycles. The SMILES string of the molecule is C/C(COc1ccc(C)cc1)=C(\F)C(=O)O. The Morgan fingerprint density at radius 1 is 1.38 bits per heavy atom. The van der Waals surface area contributed by atoms with Gasteiger partial charge in [-0.25, -0.2) is 4.79 Å². The van der Waals surface area contributed by atoms with Crippen LogP contribution in [0.4, 0.5) is 4.39 Å². The van der Waals surface area contributed by atoms with E-state index in [9.17, 15) is 9.18 Å². The maximum atomic E-state index is 12.9. The summed E-state index contributed by atoms with van der Waals surface area (Å²) in [6.45, 7) is 3.26. The van der Waals surface area contributed by atoms with Crippen molar-refractivity contribution in [2.24, 2.45) is 0 Å². The van der Waals surface area contributed by atoms with Gasteiger partial charge in [-0.1, -0.05) is 17.7 Å². The number of carboxylic acid groups (broad SMARTS) is 1. The first-order valence-electron chi connectivity index (χ1n) is 4.78. The molecular weight excluding hydrogens is 211 g/mol. The Kier molecular flexibility index (Phi) is 4.05. The molecule has 1 N–H and O–H groups in total. The van der Waals surface area contributed by atoms with Crippen molar-refractivity contribution in [3.8, 4) is 5.75 Å². The lowest BCUT2D eigenvalue weighted by Gasteiger charge is -2.06. The van der Waals surface area contributed by atoms with E-state index >= 15 is 0 Å². The number of aliphatic carboxylic acids is 1. The van der Waals surface area contributed by atoms with E-state index in [0.29, 0.717) is 5.75 Å². The van der Waals surface area contributed by atoms with Crippen molar-refractivity contribution in [2.75, 3.05) is 6.61 Å². The summed E-state index contributed by atoms with van der Waals surface area (Å²) < 4.78 is 18.1. The molecule has 0 radical (unpaired) electrons. The van der Waals surface area contributed by atoms with Crippen molar-refractivity contribution < 1.29 is 19.0 Å². The number of benzene rings is 1. The Morgan fingerprint density at radius 3 is 2.44 bits per heavy atom. The van der Waals surface area contributed by atoms with E-state index in [2.05, 4.69) is 0 Å². The average Bonchev–Trinajstić information content (AvgIpc) is 2.26. The van der Waals surface area contributed by atoms with E-state index in [1.807, 2.05) is 19.1 Å². The van der Waals surface area contributed by atoms with Gasteiger partial charge in [0.2, 0.25) is 5.83 Å². The number of ether oxygens (including phenoxy) is 1. The third kappa shape index (κ3) is 3.38. The monoisotopic (exact) mass is 224 g/mol. The fraction of sp³-hybridized carbons (Fsp3) is 0.250. The lowest BCUT2D eigenvalue weighted by molar-refractivity contribution is -0.134. The number of hydrogen-bond donors (Lipinski definition) is 1. The zero-order chi connectivity index (χ0) is 12.1. The first kappa shape index (κ1) is 12.2. The molecule has 3 nitrogen and oxygen atoms in total. The molecule has 0 fully saturated rings. The summed E-state index contributed by atoms with van der Waals surface area (Å²) in [5, 5.41) is 8.40. The summed E-state index contributed by atoms with van der Waals surface area (Å²) in [5.74, 6) is -2.14. The Morgan fingerprint density at radius 2 is 1.94 bits per heavy atom. The number of carboxylic acids is 1. The van der Waals surface area contributed by atoms with Crippen LogP contribution in [0.2, 0.25) is 0 Å². The van der Waals surface area contributed by atoms with Crippen LogP contribution in [-0.2, 0) is 4.79 Å². The largest absolute Gasteiger partial charge is 0.489 e. The summed E-state index contributed by atoms with van der Waals surface area (Å²) >= 11 is 0. The van der Waals surface area contributed by atoms with Crippen molar-refractivity contribution in [2.45, 2.75) is 13.8 Å². The van der Waals surface area contributed by atoms with Crippen LogP contribution in [0.1, 0.15) is 12.5 Å². The highest BCUT2D eigenvalue weighted by atomic mass is 19.1. The molecule has 16 heavy (non-hydrogen) atoms. The topological polar surface area (TPSA) is 46.5 Å². The van der Waals surface area contributed by atoms with Crippen LogP contribution in [-0.4, -0.2) is 17.7 Å². The molecule has 4 heteroatoms. The van der Waals surface area contributed by atoms with Gasteiger partial charge in [-0.15, -0.1) is 0 Å². The van der Waals surface area contributed by atoms with Crippen LogP contribution in [0.3, 0.4) is 0 Å². The highest BCUT2D eigenvalue weighted by Crippen LogP contribution is 2.14. The molecule has 86 valence electrons. The smallest absolute Gasteiger partial charge is 0.364 e. The molecule has 1 aromatic carbocycles. The first-order chi connectivity index (χ1) is 7.50. The number of carbonyl (C=O) groups is 1. The van der Waals surface area contributed by atoms with E-state index in [-0.39, 0.29) is 12.2 Å². The van der Waals surface area contributed by atoms with Gasteiger partial charge in [0, 0.05) is 5.57 Å². The second-order valence-corrected chi connectivity index (χ2v) is 3.50. The second-order valence-electron chi connectivity index (χ2n) is 3.50. The maximum Gasteiger partial charge on any atom is 0.364 e. The van der Waals surface area contributed by atoms with Crippen LogP contribution in [0, 0.1) is 6.92 Å². The molecule has 0 spiro atoms. The molecule has 0 unspecified atom stereocenters. The van der Waals surface area contributed by atoms with Gasteiger partial charge in [-0.05, 0) is 26.0 Å². The van der Waals surface area contributed by atoms with Gasteiger partial charge in [0.05, 0.1) is 0 Å². The van der Waals surface area contributed by atoms with E-state index in [0.717, 1.165) is 5.56 Å². The predicted octanol–water partition coefficient (Wildman–Crippen LogP) is 2.70. The molecule has 0 aliphatic carbocycles. The molecule has 0 atom stereocenters. The van der Waals surface area contributed by atoms with Gasteiger partial charge in [-0.2, -0.15) is 4.39 Å². The molecule has 0 aliphatic heterocycles. The fourth-order valence-corrected chi connectivity index (χ4v) is 1.07. The Balaban J connectivity index is 2.61. The van der Waals surface area contributed by atoms with Crippen molar-refractivity contribution in [3.05, 3.63) is 41.2 Å². The summed E-state index contributed by atoms with van der Waals surface area (Å²) in [6, 6.07) is 7.23. The minimum atomic E-state index is -1.56. The summed E-state index contributed by atoms with van der Waals surface area (Å²) in [5.41, 5.74) is 1.16. The molecule has 0 saturated carbocycles.